The Morgan fingerprint density at radius 1 is 1.15 bits per heavy atom. The third-order valence-corrected chi connectivity index (χ3v) is 8.05. The Labute approximate surface area is 202 Å². The highest BCUT2D eigenvalue weighted by molar-refractivity contribution is 7.17. The van der Waals surface area contributed by atoms with Crippen molar-refractivity contribution in [2.45, 2.75) is 51.0 Å². The molecule has 4 N–H and O–H groups in total. The summed E-state index contributed by atoms with van der Waals surface area (Å²) in [5, 5.41) is 6.71. The average Bonchev–Trinajstić information content (AvgIpc) is 3.74. The van der Waals surface area contributed by atoms with Gasteiger partial charge in [0.1, 0.15) is 10.8 Å². The number of primary amides is 1. The molecule has 0 aliphatic heterocycles. The summed E-state index contributed by atoms with van der Waals surface area (Å²) in [6.07, 6.45) is 5.96. The number of fused-ring (bicyclic) bond motifs is 1. The number of anilines is 2. The van der Waals surface area contributed by atoms with Crippen molar-refractivity contribution in [3.8, 4) is 5.75 Å². The maximum Gasteiger partial charge on any atom is 0.319 e. The van der Waals surface area contributed by atoms with Crippen LogP contribution in [0.4, 0.5) is 15.5 Å². The van der Waals surface area contributed by atoms with E-state index in [9.17, 15) is 14.4 Å². The van der Waals surface area contributed by atoms with E-state index >= 15 is 0 Å². The first-order valence-corrected chi connectivity index (χ1v) is 12.7. The number of aryl methyl sites for hydroxylation is 1. The number of nitrogens with one attached hydrogen (secondary N) is 2. The van der Waals surface area contributed by atoms with Crippen molar-refractivity contribution in [3.63, 3.8) is 0 Å². The Bertz CT molecular complexity index is 1120. The monoisotopic (exact) mass is 482 g/mol. The van der Waals surface area contributed by atoms with Gasteiger partial charge in [0.15, 0.2) is 0 Å². The first kappa shape index (κ1) is 22.7. The van der Waals surface area contributed by atoms with Crippen molar-refractivity contribution in [3.05, 3.63) is 40.3 Å². The third kappa shape index (κ3) is 4.61. The van der Waals surface area contributed by atoms with Gasteiger partial charge in [0.25, 0.3) is 5.91 Å². The summed E-state index contributed by atoms with van der Waals surface area (Å²) in [6, 6.07) is 6.52. The van der Waals surface area contributed by atoms with Crippen molar-refractivity contribution in [2.75, 3.05) is 23.9 Å². The Hall–Kier alpha value is -3.07. The van der Waals surface area contributed by atoms with Crippen LogP contribution in [0, 0.1) is 11.8 Å². The third-order valence-electron chi connectivity index (χ3n) is 6.84. The Morgan fingerprint density at radius 3 is 2.59 bits per heavy atom. The molecule has 34 heavy (non-hydrogen) atoms. The molecule has 1 aromatic heterocycles. The highest BCUT2D eigenvalue weighted by atomic mass is 32.1. The summed E-state index contributed by atoms with van der Waals surface area (Å²) in [4.78, 5) is 41.1. The van der Waals surface area contributed by atoms with E-state index in [-0.39, 0.29) is 23.8 Å². The molecule has 1 aromatic carbocycles. The van der Waals surface area contributed by atoms with Gasteiger partial charge in [0.05, 0.1) is 18.4 Å². The zero-order valence-electron chi connectivity index (χ0n) is 19.3. The normalized spacial score (nSPS) is 19.1. The van der Waals surface area contributed by atoms with Crippen LogP contribution >= 0.6 is 11.3 Å². The number of methoxy groups -OCH3 is 1. The highest BCUT2D eigenvalue weighted by Gasteiger charge is 2.36. The number of para-hydroxylation sites is 2. The van der Waals surface area contributed by atoms with Crippen molar-refractivity contribution in [1.82, 2.24) is 5.32 Å². The molecule has 0 spiro atoms. The van der Waals surface area contributed by atoms with Gasteiger partial charge < -0.3 is 21.1 Å². The topological polar surface area (TPSA) is 114 Å². The molecule has 8 nitrogen and oxygen atoms in total. The molecule has 0 saturated heterocycles. The van der Waals surface area contributed by atoms with Crippen molar-refractivity contribution >= 4 is 39.9 Å². The van der Waals surface area contributed by atoms with Crippen LogP contribution in [-0.2, 0) is 17.6 Å². The number of hydrogen-bond donors (Lipinski definition) is 3. The van der Waals surface area contributed by atoms with Crippen LogP contribution in [0.15, 0.2) is 24.3 Å². The average molecular weight is 483 g/mol. The zero-order chi connectivity index (χ0) is 23.8. The Balaban J connectivity index is 1.46. The van der Waals surface area contributed by atoms with Crippen molar-refractivity contribution in [1.29, 1.82) is 0 Å². The van der Waals surface area contributed by atoms with Crippen LogP contribution < -0.4 is 26.0 Å². The zero-order valence-corrected chi connectivity index (χ0v) is 20.1. The van der Waals surface area contributed by atoms with E-state index in [0.717, 1.165) is 36.1 Å². The molecular formula is C25H30N4O4S. The number of amides is 4. The molecule has 3 aliphatic carbocycles. The molecule has 3 aliphatic rings. The van der Waals surface area contributed by atoms with Gasteiger partial charge in [-0.05, 0) is 68.6 Å². The lowest BCUT2D eigenvalue weighted by atomic mass is 9.89. The van der Waals surface area contributed by atoms with E-state index in [1.807, 2.05) is 18.2 Å². The number of rotatable bonds is 8. The Morgan fingerprint density at radius 2 is 1.91 bits per heavy atom. The lowest BCUT2D eigenvalue weighted by molar-refractivity contribution is -0.117. The second-order valence-corrected chi connectivity index (χ2v) is 10.5. The van der Waals surface area contributed by atoms with E-state index in [1.165, 1.54) is 11.3 Å². The van der Waals surface area contributed by atoms with Gasteiger partial charge in [-0.3, -0.25) is 14.5 Å². The lowest BCUT2D eigenvalue weighted by Gasteiger charge is -2.34. The van der Waals surface area contributed by atoms with E-state index in [2.05, 4.69) is 10.6 Å². The fourth-order valence-corrected chi connectivity index (χ4v) is 5.89. The van der Waals surface area contributed by atoms with Crippen LogP contribution in [0.25, 0.3) is 0 Å². The van der Waals surface area contributed by atoms with E-state index in [1.54, 1.807) is 18.1 Å². The number of ether oxygens (including phenoxy) is 1. The summed E-state index contributed by atoms with van der Waals surface area (Å²) in [5.74, 6) is 0.993. The van der Waals surface area contributed by atoms with Crippen LogP contribution in [0.1, 0.15) is 52.9 Å². The molecule has 4 amide bonds. The molecule has 1 heterocycles. The molecule has 9 heteroatoms. The first-order chi connectivity index (χ1) is 16.5. The van der Waals surface area contributed by atoms with Gasteiger partial charge in [0, 0.05) is 23.4 Å². The number of hydrogen-bond acceptors (Lipinski definition) is 5. The predicted octanol–water partition coefficient (Wildman–Crippen LogP) is 3.69. The summed E-state index contributed by atoms with van der Waals surface area (Å²) >= 11 is 1.49. The number of carbonyl (C=O) groups excluding carboxylic acids is 3. The number of nitrogens with zero attached hydrogens (tertiary/aromatic N) is 1. The molecule has 180 valence electrons. The maximum absolute atomic E-state index is 13.3. The van der Waals surface area contributed by atoms with Crippen molar-refractivity contribution < 1.29 is 19.1 Å². The summed E-state index contributed by atoms with van der Waals surface area (Å²) in [7, 11) is 1.56. The van der Waals surface area contributed by atoms with Gasteiger partial charge >= 0.3 is 6.03 Å². The standard InChI is InChI=1S/C25H30N4O4S/c1-33-19-5-3-2-4-18(19)29(25(26)32)16-10-11-20-17(12-16)21(23(31)27-13-14-6-7-14)24(34-20)28-22(30)15-8-9-15/h2-5,14-16H,6-13H2,1H3,(H2,26,32)(H,27,31)(H,28,30). The molecule has 1 atom stereocenters. The van der Waals surface area contributed by atoms with E-state index in [0.29, 0.717) is 53.7 Å². The van der Waals surface area contributed by atoms with E-state index in [4.69, 9.17) is 10.5 Å². The molecule has 5 rings (SSSR count). The lowest BCUT2D eigenvalue weighted by Crippen LogP contribution is -2.46. The van der Waals surface area contributed by atoms with Gasteiger partial charge in [-0.1, -0.05) is 12.1 Å². The number of nitrogens with two attached hydrogens (primary N) is 1. The quantitative estimate of drug-likeness (QED) is 0.532. The molecule has 2 fully saturated rings. The van der Waals surface area contributed by atoms with Crippen LogP contribution in [0.2, 0.25) is 0 Å². The van der Waals surface area contributed by atoms with Crippen molar-refractivity contribution in [2.24, 2.45) is 17.6 Å². The first-order valence-electron chi connectivity index (χ1n) is 11.9. The SMILES string of the molecule is COc1ccccc1N(C(N)=O)C1CCc2sc(NC(=O)C3CC3)c(C(=O)NCC3CC3)c2C1. The fourth-order valence-electron chi connectivity index (χ4n) is 4.65. The second-order valence-electron chi connectivity index (χ2n) is 9.40. The minimum absolute atomic E-state index is 0.0147. The number of benzene rings is 1. The molecular weight excluding hydrogens is 452 g/mol. The largest absolute Gasteiger partial charge is 0.495 e. The smallest absolute Gasteiger partial charge is 0.319 e. The van der Waals surface area contributed by atoms with Gasteiger partial charge in [-0.2, -0.15) is 0 Å². The minimum Gasteiger partial charge on any atom is -0.495 e. The highest BCUT2D eigenvalue weighted by Crippen LogP contribution is 2.42. The Kier molecular flexibility index (Phi) is 6.20. The minimum atomic E-state index is -0.560. The van der Waals surface area contributed by atoms with Gasteiger partial charge in [0.2, 0.25) is 5.91 Å². The number of thiophene rings is 1. The molecule has 1 unspecified atom stereocenters. The molecule has 2 saturated carbocycles. The van der Waals surface area contributed by atoms with Crippen LogP contribution in [0.5, 0.6) is 5.75 Å². The summed E-state index contributed by atoms with van der Waals surface area (Å²) < 4.78 is 5.48. The van der Waals surface area contributed by atoms with Crippen LogP contribution in [-0.4, -0.2) is 37.5 Å². The summed E-state index contributed by atoms with van der Waals surface area (Å²) in [6.45, 7) is 0.650. The fraction of sp³-hybridized carbons (Fsp3) is 0.480. The van der Waals surface area contributed by atoms with E-state index < -0.39 is 6.03 Å². The molecule has 2 aromatic rings. The van der Waals surface area contributed by atoms with Gasteiger partial charge in [-0.25, -0.2) is 4.79 Å². The number of carbonyl (C=O) groups is 3. The maximum atomic E-state index is 13.3. The number of urea groups is 1. The summed E-state index contributed by atoms with van der Waals surface area (Å²) in [5.41, 5.74) is 7.90. The molecule has 0 bridgehead atoms. The van der Waals surface area contributed by atoms with Gasteiger partial charge in [-0.15, -0.1) is 11.3 Å². The predicted molar refractivity (Wildman–Crippen MR) is 132 cm³/mol. The molecule has 0 radical (unpaired) electrons. The van der Waals surface area contributed by atoms with Crippen LogP contribution in [0.3, 0.4) is 0 Å². The second kappa shape index (κ2) is 9.29.